The lowest BCUT2D eigenvalue weighted by Gasteiger charge is -2.31. The second-order valence-corrected chi connectivity index (χ2v) is 16.4. The molecule has 9 nitrogen and oxygen atoms in total. The zero-order valence-corrected chi connectivity index (χ0v) is 29.1. The monoisotopic (exact) mass is 715 g/mol. The standard InChI is InChI=1S/C35H35ClFNO8S2/c1-20(2)18-23-12-14-24(15-13-23)21(3)34(39)45-16-17-46-35(40)30-22(4)38-27-19-47(41,42)28-10-5-6-11-29(28)48(43,44)33(27)32(30)31-25(36)8-7-9-26(31)37/h5-15,20-21,32,38H,16-19H2,1-4H3. The van der Waals surface area contributed by atoms with Crippen molar-refractivity contribution in [2.24, 2.45) is 5.92 Å². The fraction of sp³-hybridized carbons (Fsp3) is 0.314. The van der Waals surface area contributed by atoms with Crippen LogP contribution in [0.5, 0.6) is 0 Å². The maximum absolute atomic E-state index is 15.6. The summed E-state index contributed by atoms with van der Waals surface area (Å²) >= 11 is 6.45. The van der Waals surface area contributed by atoms with E-state index >= 15 is 4.39 Å². The number of nitrogens with one attached hydrogen (secondary N) is 1. The fourth-order valence-electron chi connectivity index (χ4n) is 5.98. The molecule has 2 aliphatic rings. The molecule has 13 heteroatoms. The molecule has 3 aromatic carbocycles. The van der Waals surface area contributed by atoms with E-state index in [1.54, 1.807) is 6.92 Å². The van der Waals surface area contributed by atoms with Crippen LogP contribution < -0.4 is 5.32 Å². The minimum Gasteiger partial charge on any atom is -0.462 e. The maximum atomic E-state index is 15.6. The van der Waals surface area contributed by atoms with Crippen molar-refractivity contribution in [2.75, 3.05) is 19.0 Å². The van der Waals surface area contributed by atoms with Crippen molar-refractivity contribution in [3.05, 3.63) is 116 Å². The first-order valence-corrected chi connectivity index (χ1v) is 18.8. The van der Waals surface area contributed by atoms with E-state index in [-0.39, 0.29) is 34.2 Å². The molecule has 0 bridgehead atoms. The number of sulfone groups is 2. The highest BCUT2D eigenvalue weighted by Crippen LogP contribution is 2.48. The summed E-state index contributed by atoms with van der Waals surface area (Å²) in [7, 11) is -8.83. The Morgan fingerprint density at radius 2 is 1.56 bits per heavy atom. The van der Waals surface area contributed by atoms with Crippen LogP contribution >= 0.6 is 11.6 Å². The van der Waals surface area contributed by atoms with Crippen molar-refractivity contribution >= 4 is 43.2 Å². The van der Waals surface area contributed by atoms with Gasteiger partial charge in [-0.15, -0.1) is 0 Å². The molecule has 48 heavy (non-hydrogen) atoms. The van der Waals surface area contributed by atoms with Crippen LogP contribution in [0.1, 0.15) is 56.2 Å². The predicted octanol–water partition coefficient (Wildman–Crippen LogP) is 6.00. The Kier molecular flexibility index (Phi) is 10.2. The van der Waals surface area contributed by atoms with Crippen LogP contribution in [0.2, 0.25) is 5.02 Å². The van der Waals surface area contributed by atoms with Gasteiger partial charge in [0, 0.05) is 22.0 Å². The third kappa shape index (κ3) is 6.92. The van der Waals surface area contributed by atoms with E-state index in [0.717, 1.165) is 29.7 Å². The summed E-state index contributed by atoms with van der Waals surface area (Å²) in [4.78, 5) is 25.0. The van der Waals surface area contributed by atoms with Crippen molar-refractivity contribution in [3.63, 3.8) is 0 Å². The van der Waals surface area contributed by atoms with Crippen LogP contribution in [0, 0.1) is 11.7 Å². The lowest BCUT2D eigenvalue weighted by atomic mass is 9.86. The van der Waals surface area contributed by atoms with Gasteiger partial charge in [-0.2, -0.15) is 0 Å². The summed E-state index contributed by atoms with van der Waals surface area (Å²) in [5.41, 5.74) is 1.11. The van der Waals surface area contributed by atoms with Gasteiger partial charge in [0.25, 0.3) is 0 Å². The Labute approximate surface area is 284 Å². The van der Waals surface area contributed by atoms with Crippen molar-refractivity contribution in [1.82, 2.24) is 5.32 Å². The Bertz CT molecular complexity index is 2040. The second-order valence-electron chi connectivity index (χ2n) is 12.1. The van der Waals surface area contributed by atoms with Gasteiger partial charge in [-0.25, -0.2) is 26.0 Å². The highest BCUT2D eigenvalue weighted by Gasteiger charge is 2.47. The Balaban J connectivity index is 1.41. The molecule has 5 rings (SSSR count). The fourth-order valence-corrected chi connectivity index (χ4v) is 10.3. The molecule has 0 radical (unpaired) electrons. The van der Waals surface area contributed by atoms with Crippen LogP contribution in [0.3, 0.4) is 0 Å². The van der Waals surface area contributed by atoms with Crippen LogP contribution in [-0.2, 0) is 45.2 Å². The summed E-state index contributed by atoms with van der Waals surface area (Å²) in [6.45, 7) is 6.68. The number of halogens is 2. The second kappa shape index (κ2) is 13.9. The molecule has 0 aromatic heterocycles. The summed E-state index contributed by atoms with van der Waals surface area (Å²) < 4.78 is 81.6. The number of fused-ring (bicyclic) bond motifs is 1. The molecule has 0 aliphatic carbocycles. The number of benzene rings is 3. The number of carbonyl (C=O) groups excluding carboxylic acids is 2. The quantitative estimate of drug-likeness (QED) is 0.209. The lowest BCUT2D eigenvalue weighted by Crippen LogP contribution is -2.34. The Hall–Kier alpha value is -4.00. The molecule has 0 amide bonds. The highest BCUT2D eigenvalue weighted by molar-refractivity contribution is 7.97. The van der Waals surface area contributed by atoms with Crippen molar-refractivity contribution < 1.29 is 40.3 Å². The van der Waals surface area contributed by atoms with Gasteiger partial charge < -0.3 is 14.8 Å². The molecular weight excluding hydrogens is 681 g/mol. The molecule has 2 aliphatic heterocycles. The highest BCUT2D eigenvalue weighted by atomic mass is 35.5. The normalized spacial score (nSPS) is 18.7. The first kappa shape index (κ1) is 35.3. The van der Waals surface area contributed by atoms with Gasteiger partial charge in [0.1, 0.15) is 19.0 Å². The van der Waals surface area contributed by atoms with E-state index in [4.69, 9.17) is 21.1 Å². The molecule has 0 saturated heterocycles. The Morgan fingerprint density at radius 1 is 0.917 bits per heavy atom. The van der Waals surface area contributed by atoms with Gasteiger partial charge in [-0.1, -0.05) is 67.9 Å². The number of hydrogen-bond donors (Lipinski definition) is 1. The third-order valence-electron chi connectivity index (χ3n) is 8.23. The van der Waals surface area contributed by atoms with Crippen LogP contribution in [0.4, 0.5) is 4.39 Å². The number of dihydropyridines is 1. The number of ether oxygens (including phenoxy) is 2. The molecular formula is C35H35ClFNO8S2. The number of allylic oxidation sites excluding steroid dienone is 2. The molecule has 0 fully saturated rings. The van der Waals surface area contributed by atoms with Gasteiger partial charge >= 0.3 is 11.9 Å². The molecule has 254 valence electrons. The molecule has 2 heterocycles. The van der Waals surface area contributed by atoms with E-state index in [0.29, 0.717) is 5.92 Å². The topological polar surface area (TPSA) is 133 Å². The van der Waals surface area contributed by atoms with Crippen molar-refractivity contribution in [1.29, 1.82) is 0 Å². The summed E-state index contributed by atoms with van der Waals surface area (Å²) in [6, 6.07) is 16.5. The minimum absolute atomic E-state index is 0.0472. The third-order valence-corrected chi connectivity index (χ3v) is 12.4. The predicted molar refractivity (Wildman–Crippen MR) is 178 cm³/mol. The molecule has 3 aromatic rings. The average Bonchev–Trinajstić information content (AvgIpc) is 3.08. The first-order valence-electron chi connectivity index (χ1n) is 15.3. The zero-order chi connectivity index (χ0) is 35.0. The maximum Gasteiger partial charge on any atom is 0.336 e. The first-order chi connectivity index (χ1) is 22.6. The lowest BCUT2D eigenvalue weighted by molar-refractivity contribution is -0.151. The number of rotatable bonds is 9. The van der Waals surface area contributed by atoms with Crippen LogP contribution in [0.25, 0.3) is 0 Å². The summed E-state index contributed by atoms with van der Waals surface area (Å²) in [6.07, 6.45) is 0.913. The smallest absolute Gasteiger partial charge is 0.336 e. The zero-order valence-electron chi connectivity index (χ0n) is 26.7. The average molecular weight is 716 g/mol. The Morgan fingerprint density at radius 3 is 2.21 bits per heavy atom. The van der Waals surface area contributed by atoms with Crippen LogP contribution in [-0.4, -0.2) is 47.7 Å². The summed E-state index contributed by atoms with van der Waals surface area (Å²) in [5, 5.41) is 2.60. The van der Waals surface area contributed by atoms with E-state index in [9.17, 15) is 26.4 Å². The van der Waals surface area contributed by atoms with Crippen LogP contribution in [0.15, 0.2) is 98.4 Å². The molecule has 2 atom stereocenters. The number of esters is 2. The molecule has 0 saturated carbocycles. The number of carbonyl (C=O) groups is 2. The van der Waals surface area contributed by atoms with E-state index in [1.807, 2.05) is 24.3 Å². The van der Waals surface area contributed by atoms with E-state index in [2.05, 4.69) is 19.2 Å². The van der Waals surface area contributed by atoms with Gasteiger partial charge in [-0.3, -0.25) is 4.79 Å². The SMILES string of the molecule is CC1=C(C(=O)OCCOC(=O)C(C)c2ccc(CC(C)C)cc2)C(c2c(F)cccc2Cl)C2=C(CS(=O)(=O)c3ccccc3S2(=O)=O)N1. The van der Waals surface area contributed by atoms with E-state index < -0.39 is 76.3 Å². The summed E-state index contributed by atoms with van der Waals surface area (Å²) in [5.74, 6) is -4.98. The van der Waals surface area contributed by atoms with E-state index in [1.165, 1.54) is 37.3 Å². The van der Waals surface area contributed by atoms with Gasteiger partial charge in [-0.05, 0) is 61.6 Å². The van der Waals surface area contributed by atoms with Crippen molar-refractivity contribution in [2.45, 2.75) is 55.7 Å². The largest absolute Gasteiger partial charge is 0.462 e. The number of hydrogen-bond acceptors (Lipinski definition) is 9. The van der Waals surface area contributed by atoms with Gasteiger partial charge in [0.2, 0.25) is 9.84 Å². The molecule has 2 unspecified atom stereocenters. The van der Waals surface area contributed by atoms with Gasteiger partial charge in [0.15, 0.2) is 9.84 Å². The molecule has 0 spiro atoms. The molecule has 1 N–H and O–H groups in total. The van der Waals surface area contributed by atoms with Crippen molar-refractivity contribution in [3.8, 4) is 0 Å². The minimum atomic E-state index is -4.65. The van der Waals surface area contributed by atoms with Gasteiger partial charge in [0.05, 0.1) is 37.9 Å².